The van der Waals surface area contributed by atoms with Crippen LogP contribution in [-0.2, 0) is 5.41 Å². The van der Waals surface area contributed by atoms with E-state index in [4.69, 9.17) is 4.74 Å². The van der Waals surface area contributed by atoms with E-state index in [0.29, 0.717) is 0 Å². The number of aromatic nitrogens is 1. The molecule has 1 atom stereocenters. The molecule has 4 heterocycles. The summed E-state index contributed by atoms with van der Waals surface area (Å²) in [6, 6.07) is 66.2. The van der Waals surface area contributed by atoms with Crippen LogP contribution in [-0.4, -0.2) is 18.0 Å². The number of para-hydroxylation sites is 2. The van der Waals surface area contributed by atoms with E-state index in [1.807, 2.05) is 0 Å². The summed E-state index contributed by atoms with van der Waals surface area (Å²) in [5, 5.41) is 7.82. The molecule has 14 rings (SSSR count). The molecule has 0 saturated heterocycles. The Balaban J connectivity index is 1.22. The first-order valence-corrected chi connectivity index (χ1v) is 19.4. The van der Waals surface area contributed by atoms with Gasteiger partial charge >= 0.3 is 0 Å². The molecule has 0 amide bonds. The highest BCUT2D eigenvalue weighted by Crippen LogP contribution is 2.59. The Kier molecular flexibility index (Phi) is 5.14. The third-order valence-corrected chi connectivity index (χ3v) is 13.6. The smallest absolute Gasteiger partial charge is 0.250 e. The average Bonchev–Trinajstić information content (AvgIpc) is 3.74. The van der Waals surface area contributed by atoms with Crippen molar-refractivity contribution in [1.29, 1.82) is 0 Å². The molecule has 55 heavy (non-hydrogen) atoms. The maximum atomic E-state index is 7.07. The molecule has 1 unspecified atom stereocenters. The Morgan fingerprint density at radius 2 is 1.00 bits per heavy atom. The molecule has 0 fully saturated rings. The van der Waals surface area contributed by atoms with Crippen molar-refractivity contribution in [3.8, 4) is 17.2 Å². The summed E-state index contributed by atoms with van der Waals surface area (Å²) >= 11 is 0. The summed E-state index contributed by atoms with van der Waals surface area (Å²) in [5.74, 6) is 1.95. The van der Waals surface area contributed by atoms with Gasteiger partial charge in [0.15, 0.2) is 0 Å². The average molecular weight is 693 g/mol. The minimum Gasteiger partial charge on any atom is -0.458 e. The normalized spacial score (nSPS) is 16.5. The van der Waals surface area contributed by atoms with Gasteiger partial charge in [-0.05, 0) is 79.5 Å². The predicted octanol–water partition coefficient (Wildman–Crippen LogP) is 7.55. The fourth-order valence-electron chi connectivity index (χ4n) is 11.8. The van der Waals surface area contributed by atoms with Gasteiger partial charge in [-0.15, -0.1) is 0 Å². The maximum Gasteiger partial charge on any atom is 0.250 e. The van der Waals surface area contributed by atoms with Crippen molar-refractivity contribution in [3.63, 3.8) is 0 Å². The summed E-state index contributed by atoms with van der Waals surface area (Å²) in [6.07, 6.45) is 0. The van der Waals surface area contributed by atoms with Crippen LogP contribution in [0, 0.1) is 0 Å². The minimum absolute atomic E-state index is 0.0711. The topological polar surface area (TPSA) is 14.2 Å². The quantitative estimate of drug-likeness (QED) is 0.135. The lowest BCUT2D eigenvalue weighted by Crippen LogP contribution is -2.79. The van der Waals surface area contributed by atoms with Crippen LogP contribution in [0.2, 0.25) is 0 Å². The lowest BCUT2D eigenvalue weighted by molar-refractivity contribution is 0.486. The van der Waals surface area contributed by atoms with Crippen LogP contribution >= 0.6 is 0 Å². The first-order chi connectivity index (χ1) is 27.3. The van der Waals surface area contributed by atoms with E-state index in [9.17, 15) is 0 Å². The van der Waals surface area contributed by atoms with Crippen LogP contribution in [0.5, 0.6) is 11.5 Å². The fraction of sp³-hybridized carbons (Fsp3) is 0.0196. The van der Waals surface area contributed by atoms with Crippen molar-refractivity contribution in [2.24, 2.45) is 0 Å². The lowest BCUT2D eigenvalue weighted by Gasteiger charge is -2.48. The Bertz CT molecular complexity index is 3330. The SMILES string of the molecule is c1ccc(B2c3cccc4c3B3c5c(cccc5C5(c6cccc2c63)c2cccc3ccc6ccc(-n7c8ccccc8c8ccccc87)c5c6c23)O4)cc1. The molecule has 4 aliphatic rings. The lowest BCUT2D eigenvalue weighted by atomic mass is 9.18. The highest BCUT2D eigenvalue weighted by molar-refractivity contribution is 7.12. The second-order valence-corrected chi connectivity index (χ2v) is 15.8. The Morgan fingerprint density at radius 3 is 1.78 bits per heavy atom. The summed E-state index contributed by atoms with van der Waals surface area (Å²) in [4.78, 5) is 0. The molecular weight excluding hydrogens is 664 g/mol. The zero-order valence-corrected chi connectivity index (χ0v) is 29.8. The van der Waals surface area contributed by atoms with Gasteiger partial charge in [0.05, 0.1) is 22.1 Å². The molecule has 0 bridgehead atoms. The first kappa shape index (κ1) is 28.7. The van der Waals surface area contributed by atoms with Crippen LogP contribution in [0.1, 0.15) is 22.3 Å². The minimum atomic E-state index is -0.605. The highest BCUT2D eigenvalue weighted by Gasteiger charge is 2.57. The molecule has 1 spiro atoms. The fourth-order valence-corrected chi connectivity index (χ4v) is 11.8. The number of benzene rings is 9. The summed E-state index contributed by atoms with van der Waals surface area (Å²) in [6.45, 7) is 0.156. The molecule has 0 N–H and O–H groups in total. The van der Waals surface area contributed by atoms with Gasteiger partial charge in [0, 0.05) is 16.3 Å². The summed E-state index contributed by atoms with van der Waals surface area (Å²) in [7, 11) is 0. The van der Waals surface area contributed by atoms with Gasteiger partial charge in [-0.3, -0.25) is 0 Å². The van der Waals surface area contributed by atoms with Crippen LogP contribution in [0.4, 0.5) is 0 Å². The van der Waals surface area contributed by atoms with E-state index in [2.05, 4.69) is 180 Å². The van der Waals surface area contributed by atoms with E-state index >= 15 is 0 Å². The monoisotopic (exact) mass is 693 g/mol. The Labute approximate surface area is 318 Å². The highest BCUT2D eigenvalue weighted by atomic mass is 16.5. The van der Waals surface area contributed by atoms with E-state index in [0.717, 1.165) is 11.5 Å². The van der Waals surface area contributed by atoms with Crippen LogP contribution in [0.25, 0.3) is 49.0 Å². The third-order valence-electron chi connectivity index (χ3n) is 13.6. The van der Waals surface area contributed by atoms with Crippen LogP contribution in [0.3, 0.4) is 0 Å². The van der Waals surface area contributed by atoms with Crippen molar-refractivity contribution in [2.75, 3.05) is 0 Å². The third kappa shape index (κ3) is 3.22. The van der Waals surface area contributed by atoms with Gasteiger partial charge in [-0.25, -0.2) is 0 Å². The molecule has 0 saturated carbocycles. The van der Waals surface area contributed by atoms with E-state index in [1.54, 1.807) is 0 Å². The number of nitrogens with zero attached hydrogens (tertiary/aromatic N) is 1. The Morgan fingerprint density at radius 1 is 0.418 bits per heavy atom. The van der Waals surface area contributed by atoms with Crippen LogP contribution in [0.15, 0.2) is 176 Å². The molecule has 3 aliphatic heterocycles. The molecule has 9 aromatic carbocycles. The van der Waals surface area contributed by atoms with Crippen molar-refractivity contribution in [3.05, 3.63) is 198 Å². The zero-order valence-electron chi connectivity index (χ0n) is 29.8. The molecule has 250 valence electrons. The van der Waals surface area contributed by atoms with Gasteiger partial charge in [-0.2, -0.15) is 0 Å². The second-order valence-electron chi connectivity index (χ2n) is 15.8. The summed E-state index contributed by atoms with van der Waals surface area (Å²) < 4.78 is 9.63. The number of hydrogen-bond donors (Lipinski definition) is 0. The molecule has 1 aliphatic carbocycles. The second kappa shape index (κ2) is 9.85. The van der Waals surface area contributed by atoms with Crippen molar-refractivity contribution >= 4 is 89.6 Å². The number of ether oxygens (including phenoxy) is 1. The molecule has 0 radical (unpaired) electrons. The van der Waals surface area contributed by atoms with E-state index < -0.39 is 5.41 Å². The maximum absolute atomic E-state index is 7.07. The molecular formula is C51H29B2NO. The first-order valence-electron chi connectivity index (χ1n) is 19.4. The predicted molar refractivity (Wildman–Crippen MR) is 230 cm³/mol. The van der Waals surface area contributed by atoms with Crippen molar-refractivity contribution in [2.45, 2.75) is 5.41 Å². The standard InChI is InChI=1S/C51H29B2NO/c1-2-13-32(14-3-1)52-38-20-9-18-36-48(38)53-49-37(19-10-24-43(49)55-44-25-11-21-39(52)50(44)53)51(36)35-17-8-12-30-26-27-31-28-29-42(47(51)46(31)45(30)35)54-40-22-6-4-15-33(40)34-16-5-7-23-41(34)54/h1-29H. The van der Waals surface area contributed by atoms with E-state index in [-0.39, 0.29) is 13.4 Å². The van der Waals surface area contributed by atoms with E-state index in [1.165, 1.54) is 104 Å². The van der Waals surface area contributed by atoms with Crippen LogP contribution < -0.4 is 37.5 Å². The van der Waals surface area contributed by atoms with Crippen molar-refractivity contribution < 1.29 is 4.74 Å². The van der Waals surface area contributed by atoms with Gasteiger partial charge in [0.2, 0.25) is 6.71 Å². The number of fused-ring (bicyclic) bond motifs is 7. The number of rotatable bonds is 2. The largest absolute Gasteiger partial charge is 0.458 e. The van der Waals surface area contributed by atoms with Gasteiger partial charge < -0.3 is 9.30 Å². The summed E-state index contributed by atoms with van der Waals surface area (Å²) in [5.41, 5.74) is 16.6. The van der Waals surface area contributed by atoms with Gasteiger partial charge in [0.25, 0.3) is 6.71 Å². The Hall–Kier alpha value is -6.77. The zero-order chi connectivity index (χ0) is 35.6. The molecule has 10 aromatic rings. The van der Waals surface area contributed by atoms with Gasteiger partial charge in [0.1, 0.15) is 11.5 Å². The molecule has 2 nitrogen and oxygen atoms in total. The number of hydrogen-bond acceptors (Lipinski definition) is 1. The van der Waals surface area contributed by atoms with Gasteiger partial charge in [-0.1, -0.05) is 167 Å². The van der Waals surface area contributed by atoms with Crippen molar-refractivity contribution in [1.82, 2.24) is 4.57 Å². The molecule has 4 heteroatoms. The molecule has 1 aromatic heterocycles.